The van der Waals surface area contributed by atoms with Crippen molar-refractivity contribution in [2.75, 3.05) is 0 Å². The van der Waals surface area contributed by atoms with Crippen LogP contribution in [-0.2, 0) is 6.42 Å². The largest absolute Gasteiger partial charge is 0.267 e. The van der Waals surface area contributed by atoms with E-state index in [2.05, 4.69) is 24.9 Å². The van der Waals surface area contributed by atoms with Crippen LogP contribution in [0.15, 0.2) is 24.4 Å². The number of hydrogen-bond acceptors (Lipinski definition) is 1. The first kappa shape index (κ1) is 13.4. The van der Waals surface area contributed by atoms with E-state index in [0.29, 0.717) is 18.0 Å². The van der Waals surface area contributed by atoms with E-state index < -0.39 is 0 Å². The lowest BCUT2D eigenvalue weighted by Crippen LogP contribution is -2.05. The zero-order chi connectivity index (χ0) is 14.0. The molecule has 0 saturated heterocycles. The second kappa shape index (κ2) is 5.27. The first-order valence-electron chi connectivity index (χ1n) is 6.31. The third-order valence-corrected chi connectivity index (χ3v) is 3.22. The Morgan fingerprint density at radius 1 is 1.42 bits per heavy atom. The molecule has 1 aromatic heterocycles. The predicted molar refractivity (Wildman–Crippen MR) is 74.5 cm³/mol. The maximum Gasteiger partial charge on any atom is 0.139 e. The molecule has 19 heavy (non-hydrogen) atoms. The predicted octanol–water partition coefficient (Wildman–Crippen LogP) is 3.48. The third-order valence-electron chi connectivity index (χ3n) is 3.22. The molecule has 0 aliphatic heterocycles. The highest BCUT2D eigenvalue weighted by Crippen LogP contribution is 2.18. The van der Waals surface area contributed by atoms with Crippen molar-refractivity contribution >= 4 is 0 Å². The molecule has 0 N–H and O–H groups in total. The second-order valence-corrected chi connectivity index (χ2v) is 4.93. The molecule has 0 radical (unpaired) electrons. The van der Waals surface area contributed by atoms with Crippen molar-refractivity contribution < 1.29 is 4.39 Å². The molecule has 0 spiro atoms. The van der Waals surface area contributed by atoms with Crippen LogP contribution in [0, 0.1) is 25.1 Å². The molecule has 0 bridgehead atoms. The smallest absolute Gasteiger partial charge is 0.139 e. The lowest BCUT2D eigenvalue weighted by molar-refractivity contribution is 0.518. The van der Waals surface area contributed by atoms with Gasteiger partial charge in [0.15, 0.2) is 0 Å². The maximum atomic E-state index is 13.6. The van der Waals surface area contributed by atoms with Gasteiger partial charge >= 0.3 is 0 Å². The van der Waals surface area contributed by atoms with E-state index in [1.54, 1.807) is 6.07 Å². The molecular formula is C16H17FN2. The Morgan fingerprint density at radius 3 is 2.68 bits per heavy atom. The van der Waals surface area contributed by atoms with E-state index in [9.17, 15) is 4.39 Å². The minimum atomic E-state index is -0.339. The van der Waals surface area contributed by atoms with Crippen LogP contribution in [0.1, 0.15) is 42.3 Å². The molecular weight excluding hydrogens is 239 g/mol. The summed E-state index contributed by atoms with van der Waals surface area (Å²) in [6.07, 6.45) is 7.73. The van der Waals surface area contributed by atoms with Crippen LogP contribution >= 0.6 is 0 Å². The van der Waals surface area contributed by atoms with Crippen molar-refractivity contribution in [2.24, 2.45) is 0 Å². The van der Waals surface area contributed by atoms with Crippen LogP contribution in [0.3, 0.4) is 0 Å². The highest BCUT2D eigenvalue weighted by molar-refractivity contribution is 5.37. The quantitative estimate of drug-likeness (QED) is 0.769. The number of aromatic nitrogens is 2. The van der Waals surface area contributed by atoms with E-state index >= 15 is 0 Å². The molecule has 1 heterocycles. The van der Waals surface area contributed by atoms with Crippen LogP contribution in [0.5, 0.6) is 0 Å². The van der Waals surface area contributed by atoms with Crippen molar-refractivity contribution in [3.8, 4) is 12.3 Å². The van der Waals surface area contributed by atoms with Gasteiger partial charge in [0.05, 0.1) is 11.8 Å². The molecule has 0 fully saturated rings. The lowest BCUT2D eigenvalue weighted by Gasteiger charge is -2.09. The molecule has 2 rings (SSSR count). The van der Waals surface area contributed by atoms with E-state index in [1.807, 2.05) is 23.9 Å². The third kappa shape index (κ3) is 2.68. The van der Waals surface area contributed by atoms with Crippen molar-refractivity contribution in [2.45, 2.75) is 33.2 Å². The zero-order valence-corrected chi connectivity index (χ0v) is 11.4. The standard InChI is InChI=1S/C16H17FN2/c1-5-14-7-6-13(9-16(14)17)8-15-10-18-19(11(2)3)12(15)4/h1,6-7,9-11H,8H2,2-4H3. The molecule has 1 aromatic carbocycles. The van der Waals surface area contributed by atoms with Crippen molar-refractivity contribution in [3.05, 3.63) is 52.6 Å². The van der Waals surface area contributed by atoms with E-state index in [-0.39, 0.29) is 5.82 Å². The fraction of sp³-hybridized carbons (Fsp3) is 0.312. The van der Waals surface area contributed by atoms with Gasteiger partial charge in [-0.15, -0.1) is 6.42 Å². The number of hydrogen-bond donors (Lipinski definition) is 0. The SMILES string of the molecule is C#Cc1ccc(Cc2cnn(C(C)C)c2C)cc1F. The summed E-state index contributed by atoms with van der Waals surface area (Å²) in [7, 11) is 0. The highest BCUT2D eigenvalue weighted by atomic mass is 19.1. The van der Waals surface area contributed by atoms with Gasteiger partial charge in [-0.25, -0.2) is 4.39 Å². The minimum Gasteiger partial charge on any atom is -0.267 e. The maximum absolute atomic E-state index is 13.6. The van der Waals surface area contributed by atoms with Gasteiger partial charge in [-0.05, 0) is 44.0 Å². The summed E-state index contributed by atoms with van der Waals surface area (Å²) >= 11 is 0. The molecule has 0 aliphatic carbocycles. The second-order valence-electron chi connectivity index (χ2n) is 4.93. The molecule has 2 nitrogen and oxygen atoms in total. The van der Waals surface area contributed by atoms with Gasteiger partial charge in [0.1, 0.15) is 5.82 Å². The number of nitrogens with zero attached hydrogens (tertiary/aromatic N) is 2. The fourth-order valence-electron chi connectivity index (χ4n) is 2.16. The Hall–Kier alpha value is -2.08. The number of benzene rings is 1. The minimum absolute atomic E-state index is 0.304. The monoisotopic (exact) mass is 256 g/mol. The summed E-state index contributed by atoms with van der Waals surface area (Å²) in [6, 6.07) is 5.34. The summed E-state index contributed by atoms with van der Waals surface area (Å²) in [5.74, 6) is 1.99. The average Bonchev–Trinajstić information content (AvgIpc) is 2.71. The number of terminal acetylenes is 1. The zero-order valence-electron chi connectivity index (χ0n) is 11.4. The van der Waals surface area contributed by atoms with Crippen LogP contribution in [0.2, 0.25) is 0 Å². The molecule has 98 valence electrons. The molecule has 3 heteroatoms. The first-order chi connectivity index (χ1) is 9.02. The number of rotatable bonds is 3. The Bertz CT molecular complexity index is 633. The molecule has 0 saturated carbocycles. The van der Waals surface area contributed by atoms with Crippen molar-refractivity contribution in [3.63, 3.8) is 0 Å². The van der Waals surface area contributed by atoms with Gasteiger partial charge in [0.25, 0.3) is 0 Å². The van der Waals surface area contributed by atoms with Gasteiger partial charge < -0.3 is 0 Å². The lowest BCUT2D eigenvalue weighted by atomic mass is 10.0. The fourth-order valence-corrected chi connectivity index (χ4v) is 2.16. The Labute approximate surface area is 113 Å². The molecule has 0 aliphatic rings. The van der Waals surface area contributed by atoms with Gasteiger partial charge in [-0.2, -0.15) is 5.10 Å². The Morgan fingerprint density at radius 2 is 2.16 bits per heavy atom. The summed E-state index contributed by atoms with van der Waals surface area (Å²) in [5, 5.41) is 4.36. The summed E-state index contributed by atoms with van der Waals surface area (Å²) in [4.78, 5) is 0. The van der Waals surface area contributed by atoms with Crippen LogP contribution in [0.4, 0.5) is 4.39 Å². The Kier molecular flexibility index (Phi) is 3.71. The van der Waals surface area contributed by atoms with Gasteiger partial charge in [0.2, 0.25) is 0 Å². The Balaban J connectivity index is 2.27. The van der Waals surface area contributed by atoms with E-state index in [0.717, 1.165) is 16.8 Å². The van der Waals surface area contributed by atoms with Crippen LogP contribution in [-0.4, -0.2) is 9.78 Å². The summed E-state index contributed by atoms with van der Waals surface area (Å²) in [6.45, 7) is 6.21. The summed E-state index contributed by atoms with van der Waals surface area (Å²) < 4.78 is 15.6. The van der Waals surface area contributed by atoms with Gasteiger partial charge in [-0.3, -0.25) is 4.68 Å². The van der Waals surface area contributed by atoms with Crippen LogP contribution in [0.25, 0.3) is 0 Å². The topological polar surface area (TPSA) is 17.8 Å². The van der Waals surface area contributed by atoms with Crippen LogP contribution < -0.4 is 0 Å². The highest BCUT2D eigenvalue weighted by Gasteiger charge is 2.10. The first-order valence-corrected chi connectivity index (χ1v) is 6.31. The van der Waals surface area contributed by atoms with Gasteiger partial charge in [-0.1, -0.05) is 12.0 Å². The normalized spacial score (nSPS) is 10.7. The van der Waals surface area contributed by atoms with E-state index in [1.165, 1.54) is 6.07 Å². The average molecular weight is 256 g/mol. The van der Waals surface area contributed by atoms with Crippen molar-refractivity contribution in [1.82, 2.24) is 9.78 Å². The van der Waals surface area contributed by atoms with E-state index in [4.69, 9.17) is 6.42 Å². The molecule has 0 atom stereocenters. The number of halogens is 1. The molecule has 2 aromatic rings. The molecule has 0 unspecified atom stereocenters. The molecule has 0 amide bonds. The van der Waals surface area contributed by atoms with Gasteiger partial charge in [0, 0.05) is 18.2 Å². The summed E-state index contributed by atoms with van der Waals surface area (Å²) in [5.41, 5.74) is 3.44. The van der Waals surface area contributed by atoms with Crippen molar-refractivity contribution in [1.29, 1.82) is 0 Å².